The summed E-state index contributed by atoms with van der Waals surface area (Å²) in [4.78, 5) is 2.53. The van der Waals surface area contributed by atoms with Gasteiger partial charge in [-0.05, 0) is 31.0 Å². The number of hydrogen-bond acceptors (Lipinski definition) is 2. The van der Waals surface area contributed by atoms with Crippen LogP contribution in [0, 0.1) is 0 Å². The zero-order valence-electron chi connectivity index (χ0n) is 12.1. The average molecular weight is 417 g/mol. The fourth-order valence-electron chi connectivity index (χ4n) is 2.53. The lowest BCUT2D eigenvalue weighted by atomic mass is 9.98. The Kier molecular flexibility index (Phi) is 10.2. The maximum atomic E-state index is 6.04. The molecule has 120 valence electrons. The van der Waals surface area contributed by atoms with Crippen molar-refractivity contribution in [3.05, 3.63) is 45.4 Å². The maximum absolute atomic E-state index is 6.04. The van der Waals surface area contributed by atoms with Gasteiger partial charge in [0.1, 0.15) is 0 Å². The molecule has 0 amide bonds. The summed E-state index contributed by atoms with van der Waals surface area (Å²) in [7, 11) is 0. The molecule has 0 aliphatic carbocycles. The largest absolute Gasteiger partial charge is 0.314 e. The van der Waals surface area contributed by atoms with E-state index < -0.39 is 0 Å². The number of halogens is 4. The van der Waals surface area contributed by atoms with Crippen LogP contribution in [-0.4, -0.2) is 31.1 Å². The Balaban J connectivity index is 0.00000200. The van der Waals surface area contributed by atoms with Gasteiger partial charge in [-0.25, -0.2) is 0 Å². The zero-order chi connectivity index (χ0) is 13.8. The Morgan fingerprint density at radius 2 is 2.00 bits per heavy atom. The molecule has 1 atom stereocenters. The molecule has 1 fully saturated rings. The highest BCUT2D eigenvalue weighted by atomic mass is 79.9. The monoisotopic (exact) mass is 414 g/mol. The van der Waals surface area contributed by atoms with Crippen molar-refractivity contribution in [1.29, 1.82) is 0 Å². The molecule has 0 aromatic heterocycles. The van der Waals surface area contributed by atoms with Crippen LogP contribution < -0.4 is 5.32 Å². The molecular formula is C15H22BrCl3N2. The summed E-state index contributed by atoms with van der Waals surface area (Å²) < 4.78 is 1.09. The van der Waals surface area contributed by atoms with E-state index in [0.29, 0.717) is 6.04 Å². The molecule has 1 aromatic rings. The van der Waals surface area contributed by atoms with E-state index >= 15 is 0 Å². The SMILES string of the molecule is C=C(C)C[C@H](c1ccc(Cl)cc1Br)N1CCNCC1.Cl.Cl. The normalized spacial score (nSPS) is 16.5. The van der Waals surface area contributed by atoms with Gasteiger partial charge >= 0.3 is 0 Å². The van der Waals surface area contributed by atoms with Crippen molar-refractivity contribution in [2.45, 2.75) is 19.4 Å². The van der Waals surface area contributed by atoms with E-state index in [1.807, 2.05) is 12.1 Å². The van der Waals surface area contributed by atoms with Gasteiger partial charge < -0.3 is 5.32 Å². The predicted octanol–water partition coefficient (Wildman–Crippen LogP) is 4.86. The molecule has 1 aliphatic heterocycles. The third-order valence-corrected chi connectivity index (χ3v) is 4.38. The van der Waals surface area contributed by atoms with Crippen LogP contribution in [0.2, 0.25) is 5.02 Å². The van der Waals surface area contributed by atoms with Gasteiger partial charge in [0.15, 0.2) is 0 Å². The minimum absolute atomic E-state index is 0. The third kappa shape index (κ3) is 6.09. The number of hydrogen-bond donors (Lipinski definition) is 1. The molecule has 0 radical (unpaired) electrons. The van der Waals surface area contributed by atoms with Crippen LogP contribution >= 0.6 is 52.3 Å². The number of nitrogens with zero attached hydrogens (tertiary/aromatic N) is 1. The first-order valence-electron chi connectivity index (χ1n) is 6.62. The Labute approximate surface area is 153 Å². The van der Waals surface area contributed by atoms with Gasteiger partial charge in [-0.3, -0.25) is 4.90 Å². The van der Waals surface area contributed by atoms with Crippen LogP contribution in [0.1, 0.15) is 24.9 Å². The summed E-state index contributed by atoms with van der Waals surface area (Å²) in [5, 5.41) is 4.17. The quantitative estimate of drug-likeness (QED) is 0.705. The molecule has 1 saturated heterocycles. The molecule has 0 unspecified atom stereocenters. The van der Waals surface area contributed by atoms with Gasteiger partial charge in [-0.1, -0.05) is 39.2 Å². The van der Waals surface area contributed by atoms with Crippen molar-refractivity contribution in [3.8, 4) is 0 Å². The topological polar surface area (TPSA) is 15.3 Å². The highest BCUT2D eigenvalue weighted by molar-refractivity contribution is 9.10. The molecule has 1 aliphatic rings. The summed E-state index contributed by atoms with van der Waals surface area (Å²) in [5.41, 5.74) is 2.51. The summed E-state index contributed by atoms with van der Waals surface area (Å²) in [6.07, 6.45) is 0.986. The molecule has 1 aromatic carbocycles. The van der Waals surface area contributed by atoms with Crippen molar-refractivity contribution < 1.29 is 0 Å². The Morgan fingerprint density at radius 3 is 2.52 bits per heavy atom. The Morgan fingerprint density at radius 1 is 1.38 bits per heavy atom. The van der Waals surface area contributed by atoms with Crippen LogP contribution in [0.4, 0.5) is 0 Å². The average Bonchev–Trinajstić information content (AvgIpc) is 2.37. The van der Waals surface area contributed by atoms with Crippen molar-refractivity contribution in [2.24, 2.45) is 0 Å². The van der Waals surface area contributed by atoms with Crippen LogP contribution in [0.15, 0.2) is 34.8 Å². The van der Waals surface area contributed by atoms with E-state index in [0.717, 1.165) is 42.1 Å². The molecule has 2 rings (SSSR count). The second-order valence-corrected chi connectivity index (χ2v) is 6.42. The number of benzene rings is 1. The van der Waals surface area contributed by atoms with Crippen molar-refractivity contribution >= 4 is 52.3 Å². The fraction of sp³-hybridized carbons (Fsp3) is 0.467. The first kappa shape index (κ1) is 21.2. The number of piperazine rings is 1. The number of nitrogens with one attached hydrogen (secondary N) is 1. The highest BCUT2D eigenvalue weighted by Crippen LogP contribution is 2.34. The zero-order valence-corrected chi connectivity index (χ0v) is 16.0. The van der Waals surface area contributed by atoms with Gasteiger partial charge in [-0.15, -0.1) is 31.4 Å². The molecule has 0 bridgehead atoms. The summed E-state index contributed by atoms with van der Waals surface area (Å²) >= 11 is 9.69. The molecule has 0 spiro atoms. The third-order valence-electron chi connectivity index (χ3n) is 3.46. The van der Waals surface area contributed by atoms with Gasteiger partial charge in [-0.2, -0.15) is 0 Å². The molecular weight excluding hydrogens is 394 g/mol. The second-order valence-electron chi connectivity index (χ2n) is 5.13. The minimum Gasteiger partial charge on any atom is -0.314 e. The molecule has 0 saturated carbocycles. The minimum atomic E-state index is 0. The maximum Gasteiger partial charge on any atom is 0.0417 e. The standard InChI is InChI=1S/C15H20BrClN2.2ClH/c1-11(2)9-15(19-7-5-18-6-8-19)13-4-3-12(17)10-14(13)16;;/h3-4,10,15,18H,1,5-9H2,2H3;2*1H/t15-;;/m1../s1. The molecule has 1 heterocycles. The van der Waals surface area contributed by atoms with Crippen LogP contribution in [0.25, 0.3) is 0 Å². The van der Waals surface area contributed by atoms with Gasteiger partial charge in [0.25, 0.3) is 0 Å². The summed E-state index contributed by atoms with van der Waals surface area (Å²) in [6.45, 7) is 10.4. The first-order chi connectivity index (χ1) is 9.08. The van der Waals surface area contributed by atoms with Gasteiger partial charge in [0, 0.05) is 41.7 Å². The molecule has 2 nitrogen and oxygen atoms in total. The van der Waals surface area contributed by atoms with E-state index in [2.05, 4.69) is 45.7 Å². The molecule has 1 N–H and O–H groups in total. The second kappa shape index (κ2) is 10.1. The molecule has 21 heavy (non-hydrogen) atoms. The van der Waals surface area contributed by atoms with Crippen LogP contribution in [-0.2, 0) is 0 Å². The lowest BCUT2D eigenvalue weighted by Gasteiger charge is -2.36. The van der Waals surface area contributed by atoms with E-state index in [4.69, 9.17) is 11.6 Å². The Bertz CT molecular complexity index is 462. The van der Waals surface area contributed by atoms with Crippen molar-refractivity contribution in [1.82, 2.24) is 10.2 Å². The summed E-state index contributed by atoms with van der Waals surface area (Å²) in [5.74, 6) is 0. The fourth-order valence-corrected chi connectivity index (χ4v) is 3.48. The van der Waals surface area contributed by atoms with Crippen molar-refractivity contribution in [3.63, 3.8) is 0 Å². The summed E-state index contributed by atoms with van der Waals surface area (Å²) in [6, 6.07) is 6.45. The van der Waals surface area contributed by atoms with Crippen LogP contribution in [0.5, 0.6) is 0 Å². The first-order valence-corrected chi connectivity index (χ1v) is 7.79. The van der Waals surface area contributed by atoms with Crippen LogP contribution in [0.3, 0.4) is 0 Å². The van der Waals surface area contributed by atoms with E-state index in [1.54, 1.807) is 0 Å². The van der Waals surface area contributed by atoms with Gasteiger partial charge in [0.2, 0.25) is 0 Å². The Hall–Kier alpha value is 0.230. The predicted molar refractivity (Wildman–Crippen MR) is 100 cm³/mol. The lowest BCUT2D eigenvalue weighted by molar-refractivity contribution is 0.172. The van der Waals surface area contributed by atoms with E-state index in [1.165, 1.54) is 11.1 Å². The van der Waals surface area contributed by atoms with Crippen molar-refractivity contribution in [2.75, 3.05) is 26.2 Å². The lowest BCUT2D eigenvalue weighted by Crippen LogP contribution is -2.45. The molecule has 6 heteroatoms. The van der Waals surface area contributed by atoms with E-state index in [-0.39, 0.29) is 24.8 Å². The van der Waals surface area contributed by atoms with E-state index in [9.17, 15) is 0 Å². The highest BCUT2D eigenvalue weighted by Gasteiger charge is 2.23. The van der Waals surface area contributed by atoms with Gasteiger partial charge in [0.05, 0.1) is 0 Å². The smallest absolute Gasteiger partial charge is 0.0417 e. The number of rotatable bonds is 4.